The van der Waals surface area contributed by atoms with E-state index in [4.69, 9.17) is 26.3 Å². The van der Waals surface area contributed by atoms with Gasteiger partial charge in [0.25, 0.3) is 0 Å². The van der Waals surface area contributed by atoms with E-state index in [1.807, 2.05) is 22.4 Å². The van der Waals surface area contributed by atoms with Gasteiger partial charge in [-0.1, -0.05) is 22.9 Å². The van der Waals surface area contributed by atoms with Gasteiger partial charge in [0, 0.05) is 35.9 Å². The molecule has 37 heavy (non-hydrogen) atoms. The molecule has 1 aliphatic carbocycles. The molecule has 1 N–H and O–H groups in total. The molecule has 1 saturated carbocycles. The van der Waals surface area contributed by atoms with Crippen molar-refractivity contribution in [1.29, 1.82) is 0 Å². The van der Waals surface area contributed by atoms with Crippen molar-refractivity contribution in [3.05, 3.63) is 51.8 Å². The Balaban J connectivity index is 1.47. The van der Waals surface area contributed by atoms with E-state index in [0.29, 0.717) is 63.1 Å². The first-order valence-corrected chi connectivity index (χ1v) is 13.5. The molecule has 0 spiro atoms. The summed E-state index contributed by atoms with van der Waals surface area (Å²) in [7, 11) is 1.69. The third-order valence-corrected chi connectivity index (χ3v) is 8.08. The van der Waals surface area contributed by atoms with Crippen LogP contribution in [0.25, 0.3) is 21.6 Å². The summed E-state index contributed by atoms with van der Waals surface area (Å²) < 4.78 is 26.0. The average molecular weight is 544 g/mol. The van der Waals surface area contributed by atoms with Crippen LogP contribution >= 0.6 is 22.9 Å². The Labute approximate surface area is 221 Å². The number of benzene rings is 1. The van der Waals surface area contributed by atoms with Gasteiger partial charge in [0.1, 0.15) is 16.6 Å². The minimum atomic E-state index is -0.462. The molecule has 2 aliphatic rings. The van der Waals surface area contributed by atoms with Gasteiger partial charge in [-0.25, -0.2) is 9.37 Å². The number of fused-ring (bicyclic) bond motifs is 1. The van der Waals surface area contributed by atoms with E-state index in [1.54, 1.807) is 19.2 Å². The van der Waals surface area contributed by atoms with Gasteiger partial charge >= 0.3 is 0 Å². The summed E-state index contributed by atoms with van der Waals surface area (Å²) in [6.45, 7) is 3.37. The van der Waals surface area contributed by atoms with Crippen LogP contribution in [0.4, 0.5) is 10.3 Å². The topological polar surface area (TPSA) is 93.6 Å². The predicted molar refractivity (Wildman–Crippen MR) is 140 cm³/mol. The number of morpholine rings is 1. The van der Waals surface area contributed by atoms with E-state index < -0.39 is 5.82 Å². The molecule has 4 heterocycles. The van der Waals surface area contributed by atoms with E-state index in [9.17, 15) is 5.11 Å². The summed E-state index contributed by atoms with van der Waals surface area (Å²) in [5, 5.41) is 14.6. The number of anilines is 1. The van der Waals surface area contributed by atoms with Crippen molar-refractivity contribution >= 4 is 39.2 Å². The molecule has 194 valence electrons. The van der Waals surface area contributed by atoms with Crippen molar-refractivity contribution in [3.63, 3.8) is 0 Å². The normalized spacial score (nSPS) is 20.8. The van der Waals surface area contributed by atoms with Crippen LogP contribution in [0.15, 0.2) is 35.6 Å². The Hall–Kier alpha value is -2.86. The second-order valence-corrected chi connectivity index (χ2v) is 10.9. The van der Waals surface area contributed by atoms with Crippen LogP contribution in [0, 0.1) is 5.82 Å². The van der Waals surface area contributed by atoms with Gasteiger partial charge in [-0.2, -0.15) is 10.1 Å². The smallest absolute Gasteiger partial charge is 0.228 e. The Morgan fingerprint density at radius 2 is 2.11 bits per heavy atom. The van der Waals surface area contributed by atoms with Gasteiger partial charge < -0.3 is 14.7 Å². The fourth-order valence-corrected chi connectivity index (χ4v) is 5.99. The molecule has 12 heteroatoms. The lowest BCUT2D eigenvalue weighted by molar-refractivity contribution is -0.0178. The number of hydrogen-bond donors (Lipinski definition) is 1. The summed E-state index contributed by atoms with van der Waals surface area (Å²) in [5.74, 6) is 0.00925. The van der Waals surface area contributed by atoms with Crippen molar-refractivity contribution in [2.75, 3.05) is 31.6 Å². The van der Waals surface area contributed by atoms with E-state index in [1.165, 1.54) is 17.4 Å². The van der Waals surface area contributed by atoms with Crippen molar-refractivity contribution in [1.82, 2.24) is 24.3 Å². The van der Waals surface area contributed by atoms with Gasteiger partial charge in [0.2, 0.25) is 5.95 Å². The zero-order valence-electron chi connectivity index (χ0n) is 20.5. The molecule has 0 radical (unpaired) electrons. The van der Waals surface area contributed by atoms with E-state index >= 15 is 4.39 Å². The molecule has 1 saturated heterocycles. The number of ether oxygens (including phenoxy) is 1. The van der Waals surface area contributed by atoms with Crippen LogP contribution in [-0.2, 0) is 11.3 Å². The quantitative estimate of drug-likeness (QED) is 0.395. The van der Waals surface area contributed by atoms with Crippen LogP contribution in [0.1, 0.15) is 37.5 Å². The zero-order valence-corrected chi connectivity index (χ0v) is 22.1. The Morgan fingerprint density at radius 1 is 1.27 bits per heavy atom. The fraction of sp³-hybridized carbons (Fsp3) is 0.440. The number of hydrogen-bond acceptors (Lipinski definition) is 8. The lowest BCUT2D eigenvalue weighted by Crippen LogP contribution is -2.43. The van der Waals surface area contributed by atoms with Crippen molar-refractivity contribution in [2.24, 2.45) is 4.99 Å². The molecule has 1 aromatic carbocycles. The second-order valence-electron chi connectivity index (χ2n) is 9.46. The molecule has 0 unspecified atom stereocenters. The van der Waals surface area contributed by atoms with Gasteiger partial charge in [-0.3, -0.25) is 14.2 Å². The lowest BCUT2D eigenvalue weighted by Gasteiger charge is -2.36. The second kappa shape index (κ2) is 9.79. The number of aliphatic hydroxyl groups is 1. The van der Waals surface area contributed by atoms with Crippen LogP contribution in [-0.4, -0.2) is 62.3 Å². The molecular formula is C25H27ClFN7O2S. The predicted octanol–water partition coefficient (Wildman–Crippen LogP) is 3.97. The molecule has 9 nitrogen and oxygen atoms in total. The average Bonchev–Trinajstić information content (AvgIpc) is 3.50. The highest BCUT2D eigenvalue weighted by atomic mass is 35.5. The van der Waals surface area contributed by atoms with Crippen LogP contribution in [0.2, 0.25) is 5.02 Å². The van der Waals surface area contributed by atoms with Gasteiger partial charge in [0.05, 0.1) is 43.7 Å². The first kappa shape index (κ1) is 24.5. The van der Waals surface area contributed by atoms with Crippen molar-refractivity contribution in [2.45, 2.75) is 44.6 Å². The summed E-state index contributed by atoms with van der Waals surface area (Å²) >= 11 is 7.41. The minimum Gasteiger partial charge on any atom is -0.395 e. The summed E-state index contributed by atoms with van der Waals surface area (Å²) in [5.41, 5.74) is 2.43. The van der Waals surface area contributed by atoms with Gasteiger partial charge in [-0.15, -0.1) is 0 Å². The SMILES string of the molecule is CN=c1sc2c(-c3ccc(Cl)cc3F)nc(N3C[C@H](C)O[C@@H](c4cnn(C5CC5)c4)C3)nc2n1CCO. The molecule has 3 aromatic heterocycles. The maximum absolute atomic E-state index is 15.1. The summed E-state index contributed by atoms with van der Waals surface area (Å²) in [6.07, 6.45) is 5.99. The van der Waals surface area contributed by atoms with Crippen LogP contribution in [0.5, 0.6) is 0 Å². The van der Waals surface area contributed by atoms with E-state index in [2.05, 4.69) is 21.2 Å². The van der Waals surface area contributed by atoms with E-state index in [-0.39, 0.29) is 18.8 Å². The molecule has 0 amide bonds. The molecule has 1 aliphatic heterocycles. The van der Waals surface area contributed by atoms with Gasteiger partial charge in [0.15, 0.2) is 10.4 Å². The molecule has 4 aromatic rings. The number of rotatable bonds is 6. The maximum atomic E-state index is 15.1. The number of aromatic nitrogens is 5. The van der Waals surface area contributed by atoms with Crippen LogP contribution < -0.4 is 9.70 Å². The first-order chi connectivity index (χ1) is 17.9. The lowest BCUT2D eigenvalue weighted by atomic mass is 10.1. The molecule has 0 bridgehead atoms. The van der Waals surface area contributed by atoms with E-state index in [0.717, 1.165) is 18.4 Å². The highest BCUT2D eigenvalue weighted by Gasteiger charge is 2.32. The zero-order chi connectivity index (χ0) is 25.7. The molecular weight excluding hydrogens is 517 g/mol. The molecule has 2 fully saturated rings. The highest BCUT2D eigenvalue weighted by molar-refractivity contribution is 7.16. The van der Waals surface area contributed by atoms with Crippen molar-refractivity contribution in [3.8, 4) is 11.3 Å². The van der Waals surface area contributed by atoms with Crippen LogP contribution in [0.3, 0.4) is 0 Å². The number of halogens is 2. The summed E-state index contributed by atoms with van der Waals surface area (Å²) in [6, 6.07) is 5.07. The van der Waals surface area contributed by atoms with Gasteiger partial charge in [-0.05, 0) is 38.0 Å². The highest BCUT2D eigenvalue weighted by Crippen LogP contribution is 2.37. The van der Waals surface area contributed by atoms with Crippen molar-refractivity contribution < 1.29 is 14.2 Å². The third-order valence-electron chi connectivity index (χ3n) is 6.67. The fourth-order valence-electron chi connectivity index (χ4n) is 4.77. The molecule has 2 atom stereocenters. The Morgan fingerprint density at radius 3 is 2.84 bits per heavy atom. The summed E-state index contributed by atoms with van der Waals surface area (Å²) in [4.78, 5) is 16.9. The minimum absolute atomic E-state index is 0.0775. The first-order valence-electron chi connectivity index (χ1n) is 12.3. The standard InChI is InChI=1S/C25H27ClFN7O2S/c1-14-11-32(13-20(36-14)15-10-29-34(12-15)17-4-5-17)24-30-21(18-6-3-16(26)9-19(18)27)22-23(31-24)33(7-8-35)25(28-2)37-22/h3,6,9-10,12,14,17,20,35H,4-5,7-8,11,13H2,1-2H3/t14-,20+/m0/s1. The Kier molecular flexibility index (Phi) is 6.47. The monoisotopic (exact) mass is 543 g/mol. The maximum Gasteiger partial charge on any atom is 0.228 e. The third kappa shape index (κ3) is 4.65. The molecule has 6 rings (SSSR count). The number of thiazole rings is 1. The largest absolute Gasteiger partial charge is 0.395 e. The number of aliphatic hydroxyl groups excluding tert-OH is 1. The Bertz CT molecular complexity index is 1530. The number of nitrogens with zero attached hydrogens (tertiary/aromatic N) is 7.